The summed E-state index contributed by atoms with van der Waals surface area (Å²) in [6, 6.07) is 11.5. The van der Waals surface area contributed by atoms with Gasteiger partial charge in [-0.05, 0) is 17.7 Å². The normalized spacial score (nSPS) is 10.4. The number of hydrogen-bond acceptors (Lipinski definition) is 11. The van der Waals surface area contributed by atoms with Crippen molar-refractivity contribution >= 4 is 35.1 Å². The van der Waals surface area contributed by atoms with Crippen molar-refractivity contribution in [2.75, 3.05) is 21.3 Å². The summed E-state index contributed by atoms with van der Waals surface area (Å²) in [6.07, 6.45) is 2.94. The van der Waals surface area contributed by atoms with E-state index in [1.54, 1.807) is 24.3 Å². The van der Waals surface area contributed by atoms with Crippen LogP contribution in [0.1, 0.15) is 47.5 Å². The highest BCUT2D eigenvalue weighted by Gasteiger charge is 2.19. The summed E-state index contributed by atoms with van der Waals surface area (Å²) in [6.45, 7) is 0.206. The van der Waals surface area contributed by atoms with Crippen LogP contribution < -0.4 is 5.32 Å². The highest BCUT2D eigenvalue weighted by molar-refractivity contribution is 5.96. The molecule has 0 spiro atoms. The number of carbonyl (C=O) groups is 4. The maximum Gasteiger partial charge on any atom is 0.356 e. The second-order valence-corrected chi connectivity index (χ2v) is 8.04. The molecule has 210 valence electrons. The van der Waals surface area contributed by atoms with Crippen molar-refractivity contribution in [3.8, 4) is 0 Å². The molecular formula is C26H22FN7O7. The van der Waals surface area contributed by atoms with Crippen LogP contribution in [-0.4, -0.2) is 74.3 Å². The van der Waals surface area contributed by atoms with E-state index in [9.17, 15) is 23.6 Å². The van der Waals surface area contributed by atoms with Crippen LogP contribution in [0.15, 0.2) is 60.9 Å². The first kappa shape index (κ1) is 28.3. The van der Waals surface area contributed by atoms with Gasteiger partial charge in [0.1, 0.15) is 11.5 Å². The zero-order valence-electron chi connectivity index (χ0n) is 21.9. The first-order valence-electron chi connectivity index (χ1n) is 11.7. The quantitative estimate of drug-likeness (QED) is 0.237. The maximum absolute atomic E-state index is 12.9. The molecular weight excluding hydrogens is 541 g/mol. The predicted octanol–water partition coefficient (Wildman–Crippen LogP) is 1.89. The Balaban J connectivity index is 0.000000201. The molecule has 15 heteroatoms. The van der Waals surface area contributed by atoms with E-state index in [-0.39, 0.29) is 35.1 Å². The lowest BCUT2D eigenvalue weighted by Crippen LogP contribution is -2.26. The average molecular weight is 564 g/mol. The van der Waals surface area contributed by atoms with Gasteiger partial charge < -0.3 is 19.5 Å². The fourth-order valence-corrected chi connectivity index (χ4v) is 3.53. The van der Waals surface area contributed by atoms with E-state index in [2.05, 4.69) is 39.7 Å². The second-order valence-electron chi connectivity index (χ2n) is 8.04. The Morgan fingerprint density at radius 2 is 1.22 bits per heavy atom. The first-order chi connectivity index (χ1) is 19.7. The SMILES string of the molecule is COC(=O)c1cc(C(=O)NCc2ccc(F)cc2)n2nccc2n1.COC(=O)c1cc(C(=O)OC)n2nccc2n1. The number of halogens is 1. The molecule has 0 saturated carbocycles. The summed E-state index contributed by atoms with van der Waals surface area (Å²) < 4.78 is 29.3. The lowest BCUT2D eigenvalue weighted by Gasteiger charge is -2.08. The highest BCUT2D eigenvalue weighted by Crippen LogP contribution is 2.11. The molecule has 0 saturated heterocycles. The number of carbonyl (C=O) groups excluding carboxylic acids is 4. The number of methoxy groups -OCH3 is 3. The zero-order chi connectivity index (χ0) is 29.5. The van der Waals surface area contributed by atoms with E-state index in [4.69, 9.17) is 0 Å². The number of nitrogens with zero attached hydrogens (tertiary/aromatic N) is 6. The number of aromatic nitrogens is 6. The van der Waals surface area contributed by atoms with Gasteiger partial charge in [0.2, 0.25) is 0 Å². The summed E-state index contributed by atoms with van der Waals surface area (Å²) in [5, 5.41) is 10.6. The van der Waals surface area contributed by atoms with Gasteiger partial charge in [-0.1, -0.05) is 12.1 Å². The van der Waals surface area contributed by atoms with Gasteiger partial charge in [-0.3, -0.25) is 4.79 Å². The maximum atomic E-state index is 12.9. The van der Waals surface area contributed by atoms with Crippen molar-refractivity contribution in [1.29, 1.82) is 0 Å². The van der Waals surface area contributed by atoms with Crippen LogP contribution in [0.25, 0.3) is 11.3 Å². The van der Waals surface area contributed by atoms with Crippen molar-refractivity contribution in [2.24, 2.45) is 0 Å². The van der Waals surface area contributed by atoms with E-state index in [0.717, 1.165) is 5.56 Å². The third kappa shape index (κ3) is 6.30. The van der Waals surface area contributed by atoms with Crippen molar-refractivity contribution in [2.45, 2.75) is 6.54 Å². The zero-order valence-corrected chi connectivity index (χ0v) is 21.9. The fraction of sp³-hybridized carbons (Fsp3) is 0.154. The number of ether oxygens (including phenoxy) is 3. The number of benzene rings is 1. The standard InChI is InChI=1S/C16H13FN4O3.C10H9N3O4/c1-24-16(23)12-8-13(21-14(20-12)6-7-19-21)15(22)18-9-10-2-4-11(17)5-3-10;1-16-9(14)6-5-7(10(15)17-2)13-8(12-6)3-4-11-13/h2-8H,9H2,1H3,(H,18,22);3-5H,1-2H3. The Kier molecular flexibility index (Phi) is 8.57. The summed E-state index contributed by atoms with van der Waals surface area (Å²) in [7, 11) is 3.72. The molecule has 0 atom stereocenters. The van der Waals surface area contributed by atoms with Gasteiger partial charge in [-0.25, -0.2) is 37.8 Å². The highest BCUT2D eigenvalue weighted by atomic mass is 19.1. The fourth-order valence-electron chi connectivity index (χ4n) is 3.53. The van der Waals surface area contributed by atoms with Gasteiger partial charge in [0.15, 0.2) is 28.4 Å². The Morgan fingerprint density at radius 3 is 1.73 bits per heavy atom. The summed E-state index contributed by atoms with van der Waals surface area (Å²) in [5.74, 6) is -2.67. The van der Waals surface area contributed by atoms with E-state index < -0.39 is 23.8 Å². The summed E-state index contributed by atoms with van der Waals surface area (Å²) >= 11 is 0. The van der Waals surface area contributed by atoms with Crippen molar-refractivity contribution in [3.63, 3.8) is 0 Å². The molecule has 0 aliphatic rings. The van der Waals surface area contributed by atoms with Crippen LogP contribution in [0.2, 0.25) is 0 Å². The van der Waals surface area contributed by atoms with Crippen LogP contribution >= 0.6 is 0 Å². The molecule has 14 nitrogen and oxygen atoms in total. The predicted molar refractivity (Wildman–Crippen MR) is 138 cm³/mol. The molecule has 5 aromatic rings. The topological polar surface area (TPSA) is 168 Å². The molecule has 0 unspecified atom stereocenters. The molecule has 0 bridgehead atoms. The van der Waals surface area contributed by atoms with Crippen molar-refractivity contribution in [3.05, 3.63) is 95.1 Å². The monoisotopic (exact) mass is 563 g/mol. The molecule has 1 amide bonds. The van der Waals surface area contributed by atoms with E-state index >= 15 is 0 Å². The van der Waals surface area contributed by atoms with Gasteiger partial charge in [-0.2, -0.15) is 10.2 Å². The summed E-state index contributed by atoms with van der Waals surface area (Å²) in [5.41, 5.74) is 1.76. The van der Waals surface area contributed by atoms with Gasteiger partial charge in [0.25, 0.3) is 5.91 Å². The van der Waals surface area contributed by atoms with Gasteiger partial charge in [0.05, 0.1) is 33.7 Å². The third-order valence-corrected chi connectivity index (χ3v) is 5.50. The Bertz CT molecular complexity index is 1750. The number of hydrogen-bond donors (Lipinski definition) is 1. The van der Waals surface area contributed by atoms with Crippen LogP contribution in [0, 0.1) is 5.82 Å². The van der Waals surface area contributed by atoms with Gasteiger partial charge in [-0.15, -0.1) is 0 Å². The number of amides is 1. The molecule has 5 rings (SSSR count). The number of nitrogens with one attached hydrogen (secondary N) is 1. The second kappa shape index (κ2) is 12.4. The van der Waals surface area contributed by atoms with Crippen LogP contribution in [0.4, 0.5) is 4.39 Å². The number of rotatable bonds is 6. The van der Waals surface area contributed by atoms with Gasteiger partial charge >= 0.3 is 17.9 Å². The van der Waals surface area contributed by atoms with Crippen LogP contribution in [0.5, 0.6) is 0 Å². The smallest absolute Gasteiger partial charge is 0.356 e. The Morgan fingerprint density at radius 1 is 0.732 bits per heavy atom. The average Bonchev–Trinajstić information content (AvgIpc) is 3.68. The molecule has 0 radical (unpaired) electrons. The van der Waals surface area contributed by atoms with E-state index in [1.165, 1.54) is 67.0 Å². The van der Waals surface area contributed by atoms with Gasteiger partial charge in [0, 0.05) is 30.8 Å². The minimum Gasteiger partial charge on any atom is -0.464 e. The number of fused-ring (bicyclic) bond motifs is 2. The molecule has 1 N–H and O–H groups in total. The minimum atomic E-state index is -0.647. The molecule has 0 aliphatic heterocycles. The van der Waals surface area contributed by atoms with Crippen LogP contribution in [-0.2, 0) is 20.8 Å². The van der Waals surface area contributed by atoms with Crippen LogP contribution in [0.3, 0.4) is 0 Å². The first-order valence-corrected chi connectivity index (χ1v) is 11.7. The third-order valence-electron chi connectivity index (χ3n) is 5.50. The molecule has 41 heavy (non-hydrogen) atoms. The molecule has 1 aromatic carbocycles. The van der Waals surface area contributed by atoms with E-state index in [1.807, 2.05) is 0 Å². The van der Waals surface area contributed by atoms with E-state index in [0.29, 0.717) is 11.3 Å². The molecule has 0 aliphatic carbocycles. The lowest BCUT2D eigenvalue weighted by atomic mass is 10.2. The largest absolute Gasteiger partial charge is 0.464 e. The molecule has 0 fully saturated rings. The lowest BCUT2D eigenvalue weighted by molar-refractivity contribution is 0.0578. The number of esters is 3. The molecule has 4 heterocycles. The minimum absolute atomic E-state index is 0.0115. The molecule has 4 aromatic heterocycles. The summed E-state index contributed by atoms with van der Waals surface area (Å²) in [4.78, 5) is 55.1. The Hall–Kier alpha value is -5.73. The van der Waals surface area contributed by atoms with Crippen molar-refractivity contribution in [1.82, 2.24) is 34.5 Å². The van der Waals surface area contributed by atoms with Crippen molar-refractivity contribution < 1.29 is 37.8 Å². The Labute approximate surface area is 230 Å².